The molecule has 0 aliphatic rings. The first-order valence-corrected chi connectivity index (χ1v) is 7.64. The number of rotatable bonds is 4. The molecule has 0 aromatic carbocycles. The van der Waals surface area contributed by atoms with E-state index >= 15 is 0 Å². The third kappa shape index (κ3) is 3.01. The Hall–Kier alpha value is -2.22. The zero-order chi connectivity index (χ0) is 16.4. The van der Waals surface area contributed by atoms with E-state index in [1.54, 1.807) is 20.9 Å². The van der Waals surface area contributed by atoms with Crippen molar-refractivity contribution >= 4 is 33.4 Å². The molecule has 2 amide bonds. The summed E-state index contributed by atoms with van der Waals surface area (Å²) in [5, 5.41) is 5.82. The molecule has 0 saturated carbocycles. The van der Waals surface area contributed by atoms with Crippen molar-refractivity contribution in [1.29, 1.82) is 0 Å². The topological polar surface area (TPSA) is 93.1 Å². The fourth-order valence-corrected chi connectivity index (χ4v) is 3.21. The van der Waals surface area contributed by atoms with Gasteiger partial charge >= 0.3 is 0 Å². The molecule has 0 radical (unpaired) electrons. The maximum absolute atomic E-state index is 12.3. The van der Waals surface area contributed by atoms with Gasteiger partial charge in [-0.3, -0.25) is 19.0 Å². The number of amides is 2. The minimum Gasteiger partial charge on any atom is -0.355 e. The number of carbonyl (C=O) groups excluding carboxylic acids is 2. The van der Waals surface area contributed by atoms with Gasteiger partial charge in [0.1, 0.15) is 10.7 Å². The van der Waals surface area contributed by atoms with Gasteiger partial charge in [-0.25, -0.2) is 4.98 Å². The number of aryl methyl sites for hydroxylation is 2. The van der Waals surface area contributed by atoms with E-state index in [1.807, 2.05) is 0 Å². The van der Waals surface area contributed by atoms with Crippen LogP contribution in [0.15, 0.2) is 4.79 Å². The van der Waals surface area contributed by atoms with Gasteiger partial charge in [-0.15, -0.1) is 11.3 Å². The number of hydrogen-bond donors (Lipinski definition) is 2. The number of carbonyl (C=O) groups is 2. The number of thiophene rings is 1. The average Bonchev–Trinajstić information content (AvgIpc) is 2.77. The predicted molar refractivity (Wildman–Crippen MR) is 85.4 cm³/mol. The average molecular weight is 322 g/mol. The van der Waals surface area contributed by atoms with Crippen molar-refractivity contribution in [3.8, 4) is 0 Å². The van der Waals surface area contributed by atoms with Gasteiger partial charge in [-0.2, -0.15) is 0 Å². The highest BCUT2D eigenvalue weighted by atomic mass is 32.1. The van der Waals surface area contributed by atoms with Gasteiger partial charge in [0, 0.05) is 27.1 Å². The molecule has 2 aromatic rings. The molecule has 0 fully saturated rings. The summed E-state index contributed by atoms with van der Waals surface area (Å²) in [6, 6.07) is 0. The van der Waals surface area contributed by atoms with Gasteiger partial charge in [-0.05, 0) is 19.4 Å². The van der Waals surface area contributed by atoms with Gasteiger partial charge in [0.15, 0.2) is 0 Å². The lowest BCUT2D eigenvalue weighted by atomic mass is 10.2. The van der Waals surface area contributed by atoms with E-state index in [-0.39, 0.29) is 17.4 Å². The molecule has 0 unspecified atom stereocenters. The Balaban J connectivity index is 2.27. The first kappa shape index (κ1) is 16.2. The molecule has 0 aliphatic carbocycles. The maximum atomic E-state index is 12.3. The molecule has 0 aliphatic heterocycles. The molecule has 0 atom stereocenters. The Morgan fingerprint density at radius 2 is 1.86 bits per heavy atom. The van der Waals surface area contributed by atoms with E-state index in [0.29, 0.717) is 39.6 Å². The zero-order valence-electron chi connectivity index (χ0n) is 12.9. The van der Waals surface area contributed by atoms with Crippen LogP contribution in [0.2, 0.25) is 0 Å². The molecule has 2 heterocycles. The van der Waals surface area contributed by atoms with Crippen molar-refractivity contribution in [2.24, 2.45) is 7.05 Å². The summed E-state index contributed by atoms with van der Waals surface area (Å²) >= 11 is 1.21. The first-order valence-electron chi connectivity index (χ1n) is 6.82. The number of nitrogens with one attached hydrogen (secondary N) is 2. The molecule has 7 nitrogen and oxygen atoms in total. The highest BCUT2D eigenvalue weighted by Gasteiger charge is 2.19. The molecule has 118 valence electrons. The summed E-state index contributed by atoms with van der Waals surface area (Å²) in [7, 11) is 1.66. The largest absolute Gasteiger partial charge is 0.355 e. The van der Waals surface area contributed by atoms with Crippen molar-refractivity contribution in [2.45, 2.75) is 20.8 Å². The van der Waals surface area contributed by atoms with E-state index in [0.717, 1.165) is 0 Å². The Morgan fingerprint density at radius 3 is 2.50 bits per heavy atom. The minimum absolute atomic E-state index is 0.143. The van der Waals surface area contributed by atoms with Crippen LogP contribution in [-0.2, 0) is 11.8 Å². The van der Waals surface area contributed by atoms with Crippen LogP contribution in [0.5, 0.6) is 0 Å². The summed E-state index contributed by atoms with van der Waals surface area (Å²) in [5.41, 5.74) is 0.499. The molecule has 2 rings (SSSR count). The standard InChI is InChI=1S/C14H18N4O3S/c1-7-10-13(17-8(2)18(4)14(10)21)22-11(7)12(20)16-6-5-15-9(3)19/h5-6H2,1-4H3,(H,15,19)(H,16,20). The zero-order valence-corrected chi connectivity index (χ0v) is 13.8. The third-order valence-corrected chi connectivity index (χ3v) is 4.57. The van der Waals surface area contributed by atoms with Crippen molar-refractivity contribution in [3.63, 3.8) is 0 Å². The predicted octanol–water partition coefficient (Wildman–Crippen LogP) is 0.478. The molecule has 0 bridgehead atoms. The fraction of sp³-hybridized carbons (Fsp3) is 0.429. The van der Waals surface area contributed by atoms with E-state index in [2.05, 4.69) is 15.6 Å². The monoisotopic (exact) mass is 322 g/mol. The summed E-state index contributed by atoms with van der Waals surface area (Å²) in [6.45, 7) is 5.62. The summed E-state index contributed by atoms with van der Waals surface area (Å²) in [5.74, 6) is 0.206. The van der Waals surface area contributed by atoms with Gasteiger partial charge in [0.25, 0.3) is 11.5 Å². The van der Waals surface area contributed by atoms with Gasteiger partial charge < -0.3 is 10.6 Å². The van der Waals surface area contributed by atoms with E-state index in [1.165, 1.54) is 22.8 Å². The summed E-state index contributed by atoms with van der Waals surface area (Å²) in [4.78, 5) is 40.7. The van der Waals surface area contributed by atoms with E-state index < -0.39 is 0 Å². The van der Waals surface area contributed by atoms with Crippen LogP contribution in [0.1, 0.15) is 28.0 Å². The summed E-state index contributed by atoms with van der Waals surface area (Å²) < 4.78 is 1.47. The Labute approximate surface area is 131 Å². The van der Waals surface area contributed by atoms with Crippen molar-refractivity contribution < 1.29 is 9.59 Å². The fourth-order valence-electron chi connectivity index (χ4n) is 2.08. The van der Waals surface area contributed by atoms with Gasteiger partial charge in [0.2, 0.25) is 5.91 Å². The second-order valence-electron chi connectivity index (χ2n) is 5.00. The maximum Gasteiger partial charge on any atom is 0.262 e. The highest BCUT2D eigenvalue weighted by Crippen LogP contribution is 2.27. The van der Waals surface area contributed by atoms with Crippen LogP contribution < -0.4 is 16.2 Å². The SMILES string of the molecule is CC(=O)NCCNC(=O)c1sc2nc(C)n(C)c(=O)c2c1C. The molecule has 2 N–H and O–H groups in total. The Bertz CT molecular complexity index is 807. The molecule has 22 heavy (non-hydrogen) atoms. The number of hydrogen-bond acceptors (Lipinski definition) is 5. The van der Waals surface area contributed by atoms with Crippen LogP contribution in [0.4, 0.5) is 0 Å². The van der Waals surface area contributed by atoms with Crippen LogP contribution in [-0.4, -0.2) is 34.5 Å². The normalized spacial score (nSPS) is 10.7. The van der Waals surface area contributed by atoms with Crippen LogP contribution in [0.3, 0.4) is 0 Å². The number of fused-ring (bicyclic) bond motifs is 1. The Morgan fingerprint density at radius 1 is 1.23 bits per heavy atom. The van der Waals surface area contributed by atoms with E-state index in [4.69, 9.17) is 0 Å². The van der Waals surface area contributed by atoms with Crippen LogP contribution in [0, 0.1) is 13.8 Å². The quantitative estimate of drug-likeness (QED) is 0.801. The van der Waals surface area contributed by atoms with Crippen LogP contribution in [0.25, 0.3) is 10.2 Å². The van der Waals surface area contributed by atoms with Crippen molar-refractivity contribution in [2.75, 3.05) is 13.1 Å². The number of nitrogens with zero attached hydrogens (tertiary/aromatic N) is 2. The third-order valence-electron chi connectivity index (χ3n) is 3.39. The van der Waals surface area contributed by atoms with Gasteiger partial charge in [0.05, 0.1) is 10.3 Å². The lowest BCUT2D eigenvalue weighted by Gasteiger charge is -2.04. The van der Waals surface area contributed by atoms with Crippen molar-refractivity contribution in [3.05, 3.63) is 26.6 Å². The molecule has 0 saturated heterocycles. The minimum atomic E-state index is -0.259. The molecule has 0 spiro atoms. The lowest BCUT2D eigenvalue weighted by Crippen LogP contribution is -2.33. The Kier molecular flexibility index (Phi) is 4.60. The molecule has 2 aromatic heterocycles. The lowest BCUT2D eigenvalue weighted by molar-refractivity contribution is -0.118. The molecular formula is C14H18N4O3S. The smallest absolute Gasteiger partial charge is 0.262 e. The first-order chi connectivity index (χ1) is 10.3. The number of aromatic nitrogens is 2. The highest BCUT2D eigenvalue weighted by molar-refractivity contribution is 7.20. The second kappa shape index (κ2) is 6.27. The summed E-state index contributed by atoms with van der Waals surface area (Å²) in [6.07, 6.45) is 0. The second-order valence-corrected chi connectivity index (χ2v) is 6.00. The van der Waals surface area contributed by atoms with Crippen LogP contribution >= 0.6 is 11.3 Å². The van der Waals surface area contributed by atoms with Crippen molar-refractivity contribution in [1.82, 2.24) is 20.2 Å². The van der Waals surface area contributed by atoms with E-state index in [9.17, 15) is 14.4 Å². The van der Waals surface area contributed by atoms with Gasteiger partial charge in [-0.1, -0.05) is 0 Å². The molecule has 8 heteroatoms. The molecular weight excluding hydrogens is 304 g/mol.